The third kappa shape index (κ3) is 4.25. The number of thiazole rings is 1. The van der Waals surface area contributed by atoms with E-state index in [1.807, 2.05) is 17.5 Å². The molecule has 9 heteroatoms. The summed E-state index contributed by atoms with van der Waals surface area (Å²) in [7, 11) is 0. The third-order valence-corrected chi connectivity index (χ3v) is 4.87. The average molecular weight is 380 g/mol. The smallest absolute Gasteiger partial charge is 0.358 e. The molecule has 0 saturated heterocycles. The summed E-state index contributed by atoms with van der Waals surface area (Å²) >= 11 is 2.78. The highest BCUT2D eigenvalue weighted by Gasteiger charge is 2.16. The fraction of sp³-hybridized carbons (Fsp3) is 0.0625. The lowest BCUT2D eigenvalue weighted by Gasteiger charge is -2.06. The van der Waals surface area contributed by atoms with Crippen LogP contribution in [0.4, 0.5) is 14.5 Å². The summed E-state index contributed by atoms with van der Waals surface area (Å²) in [6.07, 6.45) is 0. The number of carbonyl (C=O) groups excluding carboxylic acids is 2. The van der Waals surface area contributed by atoms with Gasteiger partial charge >= 0.3 is 5.97 Å². The summed E-state index contributed by atoms with van der Waals surface area (Å²) < 4.78 is 31.1. The van der Waals surface area contributed by atoms with E-state index in [9.17, 15) is 18.4 Å². The van der Waals surface area contributed by atoms with Gasteiger partial charge in [-0.3, -0.25) is 4.79 Å². The van der Waals surface area contributed by atoms with Gasteiger partial charge in [-0.2, -0.15) is 0 Å². The van der Waals surface area contributed by atoms with E-state index >= 15 is 0 Å². The van der Waals surface area contributed by atoms with Crippen LogP contribution in [0, 0.1) is 11.6 Å². The Labute approximate surface area is 148 Å². The largest absolute Gasteiger partial charge is 0.451 e. The molecule has 2 aromatic heterocycles. The molecule has 0 aliphatic heterocycles. The molecule has 1 amide bonds. The van der Waals surface area contributed by atoms with E-state index in [1.165, 1.54) is 28.1 Å². The molecule has 0 saturated carbocycles. The van der Waals surface area contributed by atoms with E-state index in [4.69, 9.17) is 4.74 Å². The SMILES string of the molecule is O=C(COC(=O)c1csc(-c2cccs2)n1)Nc1ccc(F)cc1F. The number of hydrogen-bond donors (Lipinski definition) is 1. The summed E-state index contributed by atoms with van der Waals surface area (Å²) in [4.78, 5) is 28.7. The highest BCUT2D eigenvalue weighted by atomic mass is 32.1. The number of halogens is 2. The van der Waals surface area contributed by atoms with Gasteiger partial charge in [0.15, 0.2) is 12.3 Å². The van der Waals surface area contributed by atoms with Crippen molar-refractivity contribution in [2.75, 3.05) is 11.9 Å². The molecule has 3 rings (SSSR count). The lowest BCUT2D eigenvalue weighted by atomic mass is 10.3. The number of carbonyl (C=O) groups is 2. The van der Waals surface area contributed by atoms with Crippen LogP contribution in [0.5, 0.6) is 0 Å². The molecule has 0 spiro atoms. The molecular weight excluding hydrogens is 370 g/mol. The van der Waals surface area contributed by atoms with Crippen LogP contribution in [0.2, 0.25) is 0 Å². The Morgan fingerprint density at radius 1 is 1.20 bits per heavy atom. The summed E-state index contributed by atoms with van der Waals surface area (Å²) in [6.45, 7) is -0.610. The Balaban J connectivity index is 1.56. The van der Waals surface area contributed by atoms with Crippen molar-refractivity contribution in [3.63, 3.8) is 0 Å². The lowest BCUT2D eigenvalue weighted by Crippen LogP contribution is -2.21. The predicted octanol–water partition coefficient (Wildman–Crippen LogP) is 3.95. The fourth-order valence-electron chi connectivity index (χ4n) is 1.86. The van der Waals surface area contributed by atoms with Crippen molar-refractivity contribution < 1.29 is 23.1 Å². The molecule has 2 heterocycles. The van der Waals surface area contributed by atoms with Crippen molar-refractivity contribution in [2.45, 2.75) is 0 Å². The molecule has 25 heavy (non-hydrogen) atoms. The Kier molecular flexibility index (Phi) is 5.15. The zero-order valence-corrected chi connectivity index (χ0v) is 14.1. The molecule has 0 aliphatic rings. The van der Waals surface area contributed by atoms with Gasteiger partial charge in [-0.1, -0.05) is 6.07 Å². The van der Waals surface area contributed by atoms with Crippen LogP contribution >= 0.6 is 22.7 Å². The van der Waals surface area contributed by atoms with E-state index in [-0.39, 0.29) is 11.4 Å². The number of aromatic nitrogens is 1. The van der Waals surface area contributed by atoms with Crippen LogP contribution in [0.3, 0.4) is 0 Å². The second-order valence-electron chi connectivity index (χ2n) is 4.76. The van der Waals surface area contributed by atoms with Crippen LogP contribution in [0.15, 0.2) is 41.1 Å². The van der Waals surface area contributed by atoms with Gasteiger partial charge in [-0.25, -0.2) is 18.6 Å². The maximum absolute atomic E-state index is 13.4. The van der Waals surface area contributed by atoms with Crippen molar-refractivity contribution in [2.24, 2.45) is 0 Å². The van der Waals surface area contributed by atoms with E-state index in [2.05, 4.69) is 10.3 Å². The van der Waals surface area contributed by atoms with Gasteiger partial charge in [-0.05, 0) is 23.6 Å². The molecule has 0 fully saturated rings. The molecule has 0 aliphatic carbocycles. The maximum Gasteiger partial charge on any atom is 0.358 e. The molecule has 3 aromatic rings. The summed E-state index contributed by atoms with van der Waals surface area (Å²) in [5.74, 6) is -3.17. The van der Waals surface area contributed by atoms with E-state index in [1.54, 1.807) is 0 Å². The van der Waals surface area contributed by atoms with Gasteiger partial charge in [0.25, 0.3) is 5.91 Å². The summed E-state index contributed by atoms with van der Waals surface area (Å²) in [5.41, 5.74) is -0.106. The van der Waals surface area contributed by atoms with E-state index in [0.29, 0.717) is 11.1 Å². The molecule has 5 nitrogen and oxygen atoms in total. The van der Waals surface area contributed by atoms with E-state index in [0.717, 1.165) is 17.0 Å². The van der Waals surface area contributed by atoms with Crippen LogP contribution in [-0.4, -0.2) is 23.5 Å². The van der Waals surface area contributed by atoms with Crippen molar-refractivity contribution in [3.8, 4) is 9.88 Å². The third-order valence-electron chi connectivity index (χ3n) is 2.98. The quantitative estimate of drug-likeness (QED) is 0.681. The standard InChI is InChI=1S/C16H10F2N2O3S2/c17-9-3-4-11(10(18)6-9)19-14(21)7-23-16(22)12-8-25-15(20-12)13-2-1-5-24-13/h1-6,8H,7H2,(H,19,21). The zero-order valence-electron chi connectivity index (χ0n) is 12.5. The minimum atomic E-state index is -0.917. The normalized spacial score (nSPS) is 10.5. The number of thiophene rings is 1. The monoisotopic (exact) mass is 380 g/mol. The van der Waals surface area contributed by atoms with Crippen molar-refractivity contribution in [1.82, 2.24) is 4.98 Å². The fourth-order valence-corrected chi connectivity index (χ4v) is 3.47. The Bertz CT molecular complexity index is 910. The average Bonchev–Trinajstić information content (AvgIpc) is 3.26. The predicted molar refractivity (Wildman–Crippen MR) is 90.7 cm³/mol. The minimum absolute atomic E-state index is 0.0918. The summed E-state index contributed by atoms with van der Waals surface area (Å²) in [5, 5.41) is 6.31. The first kappa shape index (κ1) is 17.2. The highest BCUT2D eigenvalue weighted by Crippen LogP contribution is 2.27. The van der Waals surface area contributed by atoms with Gasteiger partial charge in [0.05, 0.1) is 10.6 Å². The number of nitrogens with one attached hydrogen (secondary N) is 1. The molecule has 1 aromatic carbocycles. The molecule has 0 unspecified atom stereocenters. The van der Waals surface area contributed by atoms with Crippen LogP contribution < -0.4 is 5.32 Å². The number of nitrogens with zero attached hydrogens (tertiary/aromatic N) is 1. The first-order valence-electron chi connectivity index (χ1n) is 6.94. The maximum atomic E-state index is 13.4. The number of amides is 1. The van der Waals surface area contributed by atoms with Crippen molar-refractivity contribution in [3.05, 3.63) is 58.4 Å². The van der Waals surface area contributed by atoms with E-state index < -0.39 is 30.1 Å². The topological polar surface area (TPSA) is 68.3 Å². The second-order valence-corrected chi connectivity index (χ2v) is 6.57. The number of ether oxygens (including phenoxy) is 1. The number of hydrogen-bond acceptors (Lipinski definition) is 6. The molecule has 0 atom stereocenters. The van der Waals surface area contributed by atoms with Gasteiger partial charge in [0.1, 0.15) is 16.6 Å². The Morgan fingerprint density at radius 2 is 2.04 bits per heavy atom. The number of rotatable bonds is 5. The molecule has 128 valence electrons. The molecule has 0 bridgehead atoms. The molecule has 1 N–H and O–H groups in total. The van der Waals surface area contributed by atoms with Gasteiger partial charge in [0, 0.05) is 11.4 Å². The van der Waals surface area contributed by atoms with Crippen LogP contribution in [-0.2, 0) is 9.53 Å². The van der Waals surface area contributed by atoms with Crippen molar-refractivity contribution >= 4 is 40.2 Å². The van der Waals surface area contributed by atoms with Gasteiger partial charge in [-0.15, -0.1) is 22.7 Å². The lowest BCUT2D eigenvalue weighted by molar-refractivity contribution is -0.119. The second kappa shape index (κ2) is 7.49. The molecular formula is C16H10F2N2O3S2. The number of esters is 1. The van der Waals surface area contributed by atoms with Gasteiger partial charge < -0.3 is 10.1 Å². The Hall–Kier alpha value is -2.65. The first-order chi connectivity index (χ1) is 12.0. The zero-order chi connectivity index (χ0) is 17.8. The Morgan fingerprint density at radius 3 is 2.76 bits per heavy atom. The summed E-state index contributed by atoms with van der Waals surface area (Å²) in [6, 6.07) is 6.48. The highest BCUT2D eigenvalue weighted by molar-refractivity contribution is 7.20. The van der Waals surface area contributed by atoms with Gasteiger partial charge in [0.2, 0.25) is 0 Å². The molecule has 0 radical (unpaired) electrons. The van der Waals surface area contributed by atoms with Crippen LogP contribution in [0.1, 0.15) is 10.5 Å². The first-order valence-corrected chi connectivity index (χ1v) is 8.70. The number of anilines is 1. The van der Waals surface area contributed by atoms with Crippen LogP contribution in [0.25, 0.3) is 9.88 Å². The van der Waals surface area contributed by atoms with Crippen molar-refractivity contribution in [1.29, 1.82) is 0 Å². The number of benzene rings is 1. The minimum Gasteiger partial charge on any atom is -0.451 e.